The van der Waals surface area contributed by atoms with Gasteiger partial charge in [0.2, 0.25) is 0 Å². The highest BCUT2D eigenvalue weighted by atomic mass is 16.5. The second-order valence-electron chi connectivity index (χ2n) is 5.92. The lowest BCUT2D eigenvalue weighted by molar-refractivity contribution is 0.209. The molecular weight excluding hydrogens is 222 g/mol. The molecule has 3 rings (SSSR count). The Kier molecular flexibility index (Phi) is 3.55. The minimum atomic E-state index is 0.335. The number of hydrogen-bond acceptors (Lipinski definition) is 2. The summed E-state index contributed by atoms with van der Waals surface area (Å²) in [5, 5.41) is 3.69. The van der Waals surface area contributed by atoms with E-state index in [2.05, 4.69) is 36.5 Å². The molecule has 1 fully saturated rings. The van der Waals surface area contributed by atoms with Gasteiger partial charge in [0, 0.05) is 19.0 Å². The highest BCUT2D eigenvalue weighted by molar-refractivity contribution is 5.37. The maximum absolute atomic E-state index is 5.96. The number of fused-ring (bicyclic) bond motifs is 1. The Morgan fingerprint density at radius 2 is 1.94 bits per heavy atom. The SMILES string of the molecule is CC1CCC(NCC2Cc3ccccc3O2)CC1. The second kappa shape index (κ2) is 5.31. The van der Waals surface area contributed by atoms with Gasteiger partial charge >= 0.3 is 0 Å². The summed E-state index contributed by atoms with van der Waals surface area (Å²) in [4.78, 5) is 0. The number of benzene rings is 1. The quantitative estimate of drug-likeness (QED) is 0.883. The van der Waals surface area contributed by atoms with Gasteiger partial charge in [-0.3, -0.25) is 0 Å². The third-order valence-corrected chi connectivity index (χ3v) is 4.36. The van der Waals surface area contributed by atoms with Crippen molar-refractivity contribution < 1.29 is 4.74 Å². The molecule has 2 aliphatic rings. The van der Waals surface area contributed by atoms with E-state index in [-0.39, 0.29) is 0 Å². The molecular formula is C16H23NO. The Labute approximate surface area is 110 Å². The van der Waals surface area contributed by atoms with Crippen molar-refractivity contribution in [2.24, 2.45) is 5.92 Å². The second-order valence-corrected chi connectivity index (χ2v) is 5.92. The van der Waals surface area contributed by atoms with E-state index in [1.165, 1.54) is 31.2 Å². The van der Waals surface area contributed by atoms with Gasteiger partial charge in [-0.05, 0) is 43.2 Å². The molecule has 2 nitrogen and oxygen atoms in total. The molecule has 1 unspecified atom stereocenters. The first-order chi connectivity index (χ1) is 8.81. The lowest BCUT2D eigenvalue weighted by Gasteiger charge is -2.27. The molecule has 0 radical (unpaired) electrons. The zero-order valence-electron chi connectivity index (χ0n) is 11.2. The predicted octanol–water partition coefficient (Wildman–Crippen LogP) is 3.16. The van der Waals surface area contributed by atoms with Crippen LogP contribution in [0.2, 0.25) is 0 Å². The van der Waals surface area contributed by atoms with Gasteiger partial charge in [-0.15, -0.1) is 0 Å². The summed E-state index contributed by atoms with van der Waals surface area (Å²) in [6, 6.07) is 9.13. The van der Waals surface area contributed by atoms with E-state index in [1.807, 2.05) is 0 Å². The number of rotatable bonds is 3. The number of para-hydroxylation sites is 1. The van der Waals surface area contributed by atoms with Gasteiger partial charge < -0.3 is 10.1 Å². The molecule has 18 heavy (non-hydrogen) atoms. The van der Waals surface area contributed by atoms with Crippen molar-refractivity contribution >= 4 is 0 Å². The first-order valence-corrected chi connectivity index (χ1v) is 7.29. The van der Waals surface area contributed by atoms with Crippen LogP contribution in [0.15, 0.2) is 24.3 Å². The van der Waals surface area contributed by atoms with Gasteiger partial charge in [0.25, 0.3) is 0 Å². The van der Waals surface area contributed by atoms with E-state index in [4.69, 9.17) is 4.74 Å². The normalized spacial score (nSPS) is 30.8. The number of ether oxygens (including phenoxy) is 1. The van der Waals surface area contributed by atoms with E-state index >= 15 is 0 Å². The van der Waals surface area contributed by atoms with Crippen LogP contribution in [0.4, 0.5) is 0 Å². The third-order valence-electron chi connectivity index (χ3n) is 4.36. The van der Waals surface area contributed by atoms with Crippen LogP contribution in [0.5, 0.6) is 5.75 Å². The molecule has 0 bridgehead atoms. The average molecular weight is 245 g/mol. The van der Waals surface area contributed by atoms with Crippen LogP contribution in [-0.4, -0.2) is 18.7 Å². The molecule has 98 valence electrons. The largest absolute Gasteiger partial charge is 0.488 e. The van der Waals surface area contributed by atoms with Gasteiger partial charge in [0.15, 0.2) is 0 Å². The maximum atomic E-state index is 5.96. The lowest BCUT2D eigenvalue weighted by Crippen LogP contribution is -2.39. The fourth-order valence-corrected chi connectivity index (χ4v) is 3.13. The van der Waals surface area contributed by atoms with E-state index in [9.17, 15) is 0 Å². The summed E-state index contributed by atoms with van der Waals surface area (Å²) in [6.45, 7) is 3.36. The van der Waals surface area contributed by atoms with Gasteiger partial charge in [-0.25, -0.2) is 0 Å². The molecule has 1 heterocycles. The zero-order chi connectivity index (χ0) is 12.4. The van der Waals surface area contributed by atoms with Crippen LogP contribution >= 0.6 is 0 Å². The Morgan fingerprint density at radius 3 is 2.72 bits per heavy atom. The standard InChI is InChI=1S/C16H23NO/c1-12-6-8-14(9-7-12)17-11-15-10-13-4-2-3-5-16(13)18-15/h2-5,12,14-15,17H,6-11H2,1H3. The molecule has 1 saturated carbocycles. The van der Waals surface area contributed by atoms with Crippen molar-refractivity contribution in [2.45, 2.75) is 51.2 Å². The van der Waals surface area contributed by atoms with Crippen molar-refractivity contribution in [1.82, 2.24) is 5.32 Å². The van der Waals surface area contributed by atoms with Crippen molar-refractivity contribution in [2.75, 3.05) is 6.54 Å². The smallest absolute Gasteiger partial charge is 0.123 e. The molecule has 0 spiro atoms. The molecule has 1 aliphatic heterocycles. The number of hydrogen-bond donors (Lipinski definition) is 1. The number of nitrogens with one attached hydrogen (secondary N) is 1. The molecule has 1 aliphatic carbocycles. The molecule has 0 amide bonds. The predicted molar refractivity (Wildman–Crippen MR) is 74.0 cm³/mol. The Balaban J connectivity index is 1.46. The summed E-state index contributed by atoms with van der Waals surface area (Å²) in [5.74, 6) is 2.01. The minimum Gasteiger partial charge on any atom is -0.488 e. The van der Waals surface area contributed by atoms with Crippen molar-refractivity contribution in [3.8, 4) is 5.75 Å². The van der Waals surface area contributed by atoms with Gasteiger partial charge in [-0.1, -0.05) is 25.1 Å². The average Bonchev–Trinajstić information content (AvgIpc) is 2.81. The van der Waals surface area contributed by atoms with E-state index in [0.29, 0.717) is 12.1 Å². The van der Waals surface area contributed by atoms with Gasteiger partial charge in [0.1, 0.15) is 11.9 Å². The molecule has 1 atom stereocenters. The van der Waals surface area contributed by atoms with Gasteiger partial charge in [0.05, 0.1) is 0 Å². The molecule has 1 N–H and O–H groups in total. The van der Waals surface area contributed by atoms with Crippen LogP contribution < -0.4 is 10.1 Å². The van der Waals surface area contributed by atoms with Crippen LogP contribution in [0.1, 0.15) is 38.2 Å². The summed E-state index contributed by atoms with van der Waals surface area (Å²) >= 11 is 0. The van der Waals surface area contributed by atoms with E-state index in [0.717, 1.165) is 24.6 Å². The first kappa shape index (κ1) is 12.0. The Bertz CT molecular complexity index is 371. The first-order valence-electron chi connectivity index (χ1n) is 7.29. The molecule has 0 saturated heterocycles. The van der Waals surface area contributed by atoms with Crippen LogP contribution in [-0.2, 0) is 6.42 Å². The highest BCUT2D eigenvalue weighted by Crippen LogP contribution is 2.28. The van der Waals surface area contributed by atoms with Gasteiger partial charge in [-0.2, -0.15) is 0 Å². The molecule has 1 aromatic rings. The Hall–Kier alpha value is -1.02. The van der Waals surface area contributed by atoms with Crippen LogP contribution in [0.3, 0.4) is 0 Å². The molecule has 2 heteroatoms. The fraction of sp³-hybridized carbons (Fsp3) is 0.625. The monoisotopic (exact) mass is 245 g/mol. The van der Waals surface area contributed by atoms with Crippen molar-refractivity contribution in [1.29, 1.82) is 0 Å². The van der Waals surface area contributed by atoms with Crippen molar-refractivity contribution in [3.63, 3.8) is 0 Å². The minimum absolute atomic E-state index is 0.335. The summed E-state index contributed by atoms with van der Waals surface area (Å²) in [6.07, 6.45) is 6.82. The topological polar surface area (TPSA) is 21.3 Å². The molecule has 0 aromatic heterocycles. The zero-order valence-corrected chi connectivity index (χ0v) is 11.2. The van der Waals surface area contributed by atoms with E-state index in [1.54, 1.807) is 0 Å². The Morgan fingerprint density at radius 1 is 1.17 bits per heavy atom. The van der Waals surface area contributed by atoms with E-state index < -0.39 is 0 Å². The summed E-state index contributed by atoms with van der Waals surface area (Å²) in [5.41, 5.74) is 1.36. The fourth-order valence-electron chi connectivity index (χ4n) is 3.13. The third kappa shape index (κ3) is 2.69. The van der Waals surface area contributed by atoms with Crippen molar-refractivity contribution in [3.05, 3.63) is 29.8 Å². The molecule has 1 aromatic carbocycles. The lowest BCUT2D eigenvalue weighted by atomic mass is 9.87. The van der Waals surface area contributed by atoms with Crippen LogP contribution in [0, 0.1) is 5.92 Å². The summed E-state index contributed by atoms with van der Waals surface area (Å²) < 4.78 is 5.96. The summed E-state index contributed by atoms with van der Waals surface area (Å²) in [7, 11) is 0. The highest BCUT2D eigenvalue weighted by Gasteiger charge is 2.24. The van der Waals surface area contributed by atoms with Crippen LogP contribution in [0.25, 0.3) is 0 Å². The maximum Gasteiger partial charge on any atom is 0.123 e.